The number of halogens is 15. The molecule has 3 rings (SSSR count). The SMILES string of the molecule is NCCCC(=O)NC(COCCC(=O)Oc1c(F)c(F)c(F)c(F)c1F)(COCCC(=O)Oc1c(F)c(F)c(F)c(F)c1F)COCCC(=O)Oc1c(F)c(F)c(F)c(F)c1F. The van der Waals surface area contributed by atoms with Crippen molar-refractivity contribution in [2.45, 2.75) is 37.6 Å². The lowest BCUT2D eigenvalue weighted by Gasteiger charge is -2.34. The van der Waals surface area contributed by atoms with E-state index in [2.05, 4.69) is 19.5 Å². The van der Waals surface area contributed by atoms with E-state index in [0.29, 0.717) is 0 Å². The smallest absolute Gasteiger partial charge is 0.313 e. The van der Waals surface area contributed by atoms with Gasteiger partial charge >= 0.3 is 17.9 Å². The molecule has 12 nitrogen and oxygen atoms in total. The summed E-state index contributed by atoms with van der Waals surface area (Å²) in [6.07, 6.45) is -3.33. The first-order valence-corrected chi connectivity index (χ1v) is 17.0. The van der Waals surface area contributed by atoms with Gasteiger partial charge in [-0.1, -0.05) is 0 Å². The number of ether oxygens (including phenoxy) is 6. The summed E-state index contributed by atoms with van der Waals surface area (Å²) in [4.78, 5) is 49.6. The van der Waals surface area contributed by atoms with E-state index in [1.54, 1.807) is 0 Å². The van der Waals surface area contributed by atoms with Crippen LogP contribution in [0.2, 0.25) is 0 Å². The number of carbonyl (C=O) groups is 4. The van der Waals surface area contributed by atoms with E-state index in [9.17, 15) is 85.0 Å². The Morgan fingerprint density at radius 3 is 0.887 bits per heavy atom. The molecule has 27 heteroatoms. The number of nitrogens with two attached hydrogens (primary N) is 1. The molecule has 0 atom stereocenters. The molecule has 3 aromatic carbocycles. The van der Waals surface area contributed by atoms with Gasteiger partial charge in [-0.05, 0) is 13.0 Å². The molecule has 62 heavy (non-hydrogen) atoms. The van der Waals surface area contributed by atoms with Crippen molar-refractivity contribution >= 4 is 23.8 Å². The molecular formula is C35H27F15N2O10. The van der Waals surface area contributed by atoms with Gasteiger partial charge in [0, 0.05) is 6.42 Å². The van der Waals surface area contributed by atoms with Crippen LogP contribution in [-0.4, -0.2) is 75.5 Å². The number of carbonyl (C=O) groups excluding carboxylic acids is 4. The minimum absolute atomic E-state index is 0.0289. The summed E-state index contributed by atoms with van der Waals surface area (Å²) < 4.78 is 234. The maximum atomic E-state index is 14.0. The van der Waals surface area contributed by atoms with E-state index < -0.39 is 193 Å². The molecule has 0 aliphatic heterocycles. The molecule has 1 amide bonds. The summed E-state index contributed by atoms with van der Waals surface area (Å²) >= 11 is 0. The fourth-order valence-electron chi connectivity index (χ4n) is 4.64. The maximum absolute atomic E-state index is 14.0. The number of hydrogen-bond acceptors (Lipinski definition) is 11. The van der Waals surface area contributed by atoms with Gasteiger partial charge in [-0.25, -0.2) is 39.5 Å². The Balaban J connectivity index is 1.78. The van der Waals surface area contributed by atoms with Crippen LogP contribution in [0.25, 0.3) is 0 Å². The third kappa shape index (κ3) is 12.5. The summed E-state index contributed by atoms with van der Waals surface area (Å²) in [7, 11) is 0. The van der Waals surface area contributed by atoms with Gasteiger partial charge in [0.05, 0.1) is 58.9 Å². The third-order valence-corrected chi connectivity index (χ3v) is 7.66. The Hall–Kier alpha value is -5.67. The number of hydrogen-bond donors (Lipinski definition) is 2. The molecule has 3 N–H and O–H groups in total. The van der Waals surface area contributed by atoms with Crippen molar-refractivity contribution in [3.63, 3.8) is 0 Å². The number of nitrogens with one attached hydrogen (secondary N) is 1. The number of esters is 3. The molecule has 0 aliphatic rings. The van der Waals surface area contributed by atoms with Crippen molar-refractivity contribution in [2.75, 3.05) is 46.2 Å². The largest absolute Gasteiger partial charge is 0.420 e. The zero-order chi connectivity index (χ0) is 46.6. The van der Waals surface area contributed by atoms with Gasteiger partial charge in [0.25, 0.3) is 0 Å². The van der Waals surface area contributed by atoms with Crippen molar-refractivity contribution in [1.82, 2.24) is 5.32 Å². The van der Waals surface area contributed by atoms with Crippen LogP contribution < -0.4 is 25.3 Å². The Morgan fingerprint density at radius 1 is 0.403 bits per heavy atom. The summed E-state index contributed by atoms with van der Waals surface area (Å²) in [5.74, 6) is -49.1. The van der Waals surface area contributed by atoms with E-state index in [0.717, 1.165) is 0 Å². The lowest BCUT2D eigenvalue weighted by Crippen LogP contribution is -2.58. The first-order chi connectivity index (χ1) is 29.1. The fourth-order valence-corrected chi connectivity index (χ4v) is 4.64. The van der Waals surface area contributed by atoms with Crippen LogP contribution in [0.4, 0.5) is 65.9 Å². The van der Waals surface area contributed by atoms with Crippen molar-refractivity contribution in [1.29, 1.82) is 0 Å². The highest BCUT2D eigenvalue weighted by Crippen LogP contribution is 2.32. The van der Waals surface area contributed by atoms with Crippen LogP contribution in [0.15, 0.2) is 0 Å². The molecule has 0 aromatic heterocycles. The van der Waals surface area contributed by atoms with Gasteiger partial charge in [0.1, 0.15) is 5.54 Å². The predicted molar refractivity (Wildman–Crippen MR) is 171 cm³/mol. The highest BCUT2D eigenvalue weighted by molar-refractivity contribution is 5.77. The normalized spacial score (nSPS) is 11.5. The van der Waals surface area contributed by atoms with E-state index in [1.807, 2.05) is 0 Å². The van der Waals surface area contributed by atoms with E-state index >= 15 is 0 Å². The van der Waals surface area contributed by atoms with Gasteiger partial charge in [-0.3, -0.25) is 19.2 Å². The molecular weight excluding hydrogens is 893 g/mol. The number of rotatable bonds is 22. The van der Waals surface area contributed by atoms with Crippen LogP contribution in [0, 0.1) is 87.3 Å². The number of amides is 1. The average molecular weight is 921 g/mol. The lowest BCUT2D eigenvalue weighted by molar-refractivity contribution is -0.138. The molecule has 0 heterocycles. The molecule has 0 spiro atoms. The lowest BCUT2D eigenvalue weighted by atomic mass is 10.0. The molecule has 3 aromatic rings. The summed E-state index contributed by atoms with van der Waals surface area (Å²) in [5.41, 5.74) is 3.34. The predicted octanol–water partition coefficient (Wildman–Crippen LogP) is 5.70. The third-order valence-electron chi connectivity index (χ3n) is 7.66. The van der Waals surface area contributed by atoms with Crippen LogP contribution >= 0.6 is 0 Å². The zero-order valence-electron chi connectivity index (χ0n) is 30.8. The number of benzene rings is 3. The first-order valence-electron chi connectivity index (χ1n) is 17.0. The molecule has 0 saturated carbocycles. The fraction of sp³-hybridized carbons (Fsp3) is 0.371. The van der Waals surface area contributed by atoms with Crippen molar-refractivity contribution in [3.05, 3.63) is 87.3 Å². The summed E-state index contributed by atoms with van der Waals surface area (Å²) in [6, 6.07) is 0. The Kier molecular flexibility index (Phi) is 18.3. The van der Waals surface area contributed by atoms with Gasteiger partial charge in [0.2, 0.25) is 110 Å². The van der Waals surface area contributed by atoms with E-state index in [4.69, 9.17) is 19.9 Å². The van der Waals surface area contributed by atoms with Gasteiger partial charge < -0.3 is 39.5 Å². The topological polar surface area (TPSA) is 162 Å². The first kappa shape index (κ1) is 50.7. The molecule has 0 radical (unpaired) electrons. The Bertz CT molecular complexity index is 1870. The molecule has 0 fully saturated rings. The highest BCUT2D eigenvalue weighted by atomic mass is 19.2. The Morgan fingerprint density at radius 2 is 0.645 bits per heavy atom. The van der Waals surface area contributed by atoms with Crippen LogP contribution in [0.5, 0.6) is 17.2 Å². The second kappa shape index (κ2) is 22.4. The van der Waals surface area contributed by atoms with Crippen LogP contribution in [0.1, 0.15) is 32.1 Å². The van der Waals surface area contributed by atoms with Crippen LogP contribution in [-0.2, 0) is 33.4 Å². The molecule has 342 valence electrons. The maximum Gasteiger partial charge on any atom is 0.313 e. The van der Waals surface area contributed by atoms with E-state index in [-0.39, 0.29) is 19.4 Å². The molecule has 0 unspecified atom stereocenters. The second-order valence-electron chi connectivity index (χ2n) is 12.2. The summed E-state index contributed by atoms with van der Waals surface area (Å²) in [6.45, 7) is -5.22. The van der Waals surface area contributed by atoms with Gasteiger partial charge in [0.15, 0.2) is 0 Å². The summed E-state index contributed by atoms with van der Waals surface area (Å²) in [5, 5.41) is 2.38. The van der Waals surface area contributed by atoms with E-state index in [1.165, 1.54) is 0 Å². The zero-order valence-corrected chi connectivity index (χ0v) is 30.8. The highest BCUT2D eigenvalue weighted by Gasteiger charge is 2.35. The molecule has 0 bridgehead atoms. The van der Waals surface area contributed by atoms with Crippen molar-refractivity contribution in [3.8, 4) is 17.2 Å². The second-order valence-corrected chi connectivity index (χ2v) is 12.2. The standard InChI is InChI=1S/C35H27F15N2O10/c36-17-20(39)26(45)32(27(46)21(17)40)60-14(54)3-7-57-10-35(52-13(53)2-1-6-51,11-58-8-4-15(55)61-33-28(47)22(41)18(37)23(42)29(33)48)12-59-9-5-16(56)62-34-30(49)24(43)19(38)25(44)31(34)50/h1-12,51H2,(H,52,53). The monoisotopic (exact) mass is 920 g/mol. The quantitative estimate of drug-likeness (QED) is 0.0318. The van der Waals surface area contributed by atoms with Crippen molar-refractivity contribution < 1.29 is 113 Å². The molecule has 0 saturated heterocycles. The van der Waals surface area contributed by atoms with Gasteiger partial charge in [-0.2, -0.15) is 26.3 Å². The average Bonchev–Trinajstić information content (AvgIpc) is 3.24. The van der Waals surface area contributed by atoms with Crippen LogP contribution in [0.3, 0.4) is 0 Å². The van der Waals surface area contributed by atoms with Gasteiger partial charge in [-0.15, -0.1) is 0 Å². The minimum atomic E-state index is -2.56. The Labute approximate surface area is 336 Å². The molecule has 0 aliphatic carbocycles. The van der Waals surface area contributed by atoms with Crippen molar-refractivity contribution in [2.24, 2.45) is 5.73 Å². The minimum Gasteiger partial charge on any atom is -0.420 e.